The molecule has 1 saturated carbocycles. The quantitative estimate of drug-likeness (QED) is 0.814. The average Bonchev–Trinajstić information content (AvgIpc) is 2.77. The molecular weight excluding hydrogens is 260 g/mol. The average molecular weight is 288 g/mol. The van der Waals surface area contributed by atoms with Crippen LogP contribution in [-0.2, 0) is 4.79 Å². The van der Waals surface area contributed by atoms with E-state index in [0.29, 0.717) is 12.3 Å². The van der Waals surface area contributed by atoms with Crippen LogP contribution < -0.4 is 11.1 Å². The summed E-state index contributed by atoms with van der Waals surface area (Å²) in [6, 6.07) is 9.89. The van der Waals surface area contributed by atoms with E-state index >= 15 is 0 Å². The Morgan fingerprint density at radius 2 is 1.81 bits per heavy atom. The summed E-state index contributed by atoms with van der Waals surface area (Å²) >= 11 is 0. The zero-order valence-electron chi connectivity index (χ0n) is 13.1. The van der Waals surface area contributed by atoms with Crippen molar-refractivity contribution in [1.82, 2.24) is 5.32 Å². The molecule has 0 aromatic heterocycles. The lowest BCUT2D eigenvalue weighted by Crippen LogP contribution is -2.39. The zero-order chi connectivity index (χ0) is 15.1. The van der Waals surface area contributed by atoms with Crippen molar-refractivity contribution in [2.45, 2.75) is 64.0 Å². The standard InChI is InChI=1S/C18H28N2O/c1-14(15-9-5-2-3-6-10-15)20-18(21)13-17(19)16-11-7-4-8-12-16/h4,7-8,11-12,14-15,17H,2-3,5-6,9-10,13,19H2,1H3,(H,20,21)/t14-,17?/m1/s1. The number of carbonyl (C=O) groups excluding carboxylic acids is 1. The molecule has 2 rings (SSSR count). The Morgan fingerprint density at radius 1 is 1.19 bits per heavy atom. The third kappa shape index (κ3) is 5.16. The highest BCUT2D eigenvalue weighted by Gasteiger charge is 2.21. The van der Waals surface area contributed by atoms with Gasteiger partial charge in [-0.2, -0.15) is 0 Å². The van der Waals surface area contributed by atoms with E-state index < -0.39 is 0 Å². The van der Waals surface area contributed by atoms with Gasteiger partial charge in [-0.15, -0.1) is 0 Å². The van der Waals surface area contributed by atoms with Crippen LogP contribution >= 0.6 is 0 Å². The first kappa shape index (κ1) is 16.0. The number of amides is 1. The minimum atomic E-state index is -0.215. The van der Waals surface area contributed by atoms with Crippen molar-refractivity contribution in [3.05, 3.63) is 35.9 Å². The third-order valence-electron chi connectivity index (χ3n) is 4.63. The second-order valence-electron chi connectivity index (χ2n) is 6.33. The Kier molecular flexibility index (Phi) is 6.24. The van der Waals surface area contributed by atoms with Gasteiger partial charge >= 0.3 is 0 Å². The molecule has 3 nitrogen and oxygen atoms in total. The van der Waals surface area contributed by atoms with Gasteiger partial charge in [0.2, 0.25) is 5.91 Å². The number of benzene rings is 1. The minimum Gasteiger partial charge on any atom is -0.353 e. The lowest BCUT2D eigenvalue weighted by molar-refractivity contribution is -0.122. The van der Waals surface area contributed by atoms with Crippen molar-refractivity contribution in [3.63, 3.8) is 0 Å². The highest BCUT2D eigenvalue weighted by atomic mass is 16.1. The molecule has 3 heteroatoms. The molecule has 1 aromatic rings. The van der Waals surface area contributed by atoms with Gasteiger partial charge in [0.1, 0.15) is 0 Å². The summed E-state index contributed by atoms with van der Waals surface area (Å²) in [5, 5.41) is 3.16. The number of nitrogens with one attached hydrogen (secondary N) is 1. The molecule has 1 unspecified atom stereocenters. The SMILES string of the molecule is C[C@@H](NC(=O)CC(N)c1ccccc1)C1CCCCCC1. The van der Waals surface area contributed by atoms with E-state index in [1.54, 1.807) is 0 Å². The summed E-state index contributed by atoms with van der Waals surface area (Å²) in [5.74, 6) is 0.701. The molecule has 3 N–H and O–H groups in total. The van der Waals surface area contributed by atoms with Gasteiger partial charge in [0.25, 0.3) is 0 Å². The summed E-state index contributed by atoms with van der Waals surface area (Å²) in [7, 11) is 0. The van der Waals surface area contributed by atoms with Crippen molar-refractivity contribution in [3.8, 4) is 0 Å². The highest BCUT2D eigenvalue weighted by molar-refractivity contribution is 5.77. The Balaban J connectivity index is 1.80. The number of hydrogen-bond donors (Lipinski definition) is 2. The van der Waals surface area contributed by atoms with Crippen molar-refractivity contribution in [2.24, 2.45) is 11.7 Å². The van der Waals surface area contributed by atoms with E-state index in [9.17, 15) is 4.79 Å². The molecule has 0 aliphatic heterocycles. The van der Waals surface area contributed by atoms with Crippen LogP contribution in [0, 0.1) is 5.92 Å². The predicted octanol–water partition coefficient (Wildman–Crippen LogP) is 3.55. The van der Waals surface area contributed by atoms with E-state index in [1.807, 2.05) is 30.3 Å². The van der Waals surface area contributed by atoms with E-state index in [2.05, 4.69) is 12.2 Å². The lowest BCUT2D eigenvalue weighted by Gasteiger charge is -2.24. The van der Waals surface area contributed by atoms with Crippen LogP contribution in [0.25, 0.3) is 0 Å². The molecule has 1 fully saturated rings. The first-order valence-corrected chi connectivity index (χ1v) is 8.26. The molecule has 0 saturated heterocycles. The van der Waals surface area contributed by atoms with Crippen molar-refractivity contribution < 1.29 is 4.79 Å². The lowest BCUT2D eigenvalue weighted by atomic mass is 9.92. The Hall–Kier alpha value is -1.35. The van der Waals surface area contributed by atoms with E-state index in [4.69, 9.17) is 5.73 Å². The molecule has 1 aliphatic carbocycles. The van der Waals surface area contributed by atoms with E-state index in [1.165, 1.54) is 38.5 Å². The molecule has 0 spiro atoms. The van der Waals surface area contributed by atoms with Crippen LogP contribution in [0.2, 0.25) is 0 Å². The van der Waals surface area contributed by atoms with Crippen LogP contribution in [0.1, 0.15) is 63.5 Å². The summed E-state index contributed by atoms with van der Waals surface area (Å²) < 4.78 is 0. The van der Waals surface area contributed by atoms with Crippen molar-refractivity contribution in [1.29, 1.82) is 0 Å². The molecule has 1 aliphatic rings. The predicted molar refractivity (Wildman–Crippen MR) is 86.8 cm³/mol. The Bertz CT molecular complexity index is 424. The van der Waals surface area contributed by atoms with Crippen molar-refractivity contribution in [2.75, 3.05) is 0 Å². The number of rotatable bonds is 5. The second-order valence-corrected chi connectivity index (χ2v) is 6.33. The van der Waals surface area contributed by atoms with Crippen LogP contribution in [0.15, 0.2) is 30.3 Å². The van der Waals surface area contributed by atoms with Gasteiger partial charge in [0, 0.05) is 18.5 Å². The molecule has 0 heterocycles. The van der Waals surface area contributed by atoms with Gasteiger partial charge in [-0.3, -0.25) is 4.79 Å². The van der Waals surface area contributed by atoms with E-state index in [-0.39, 0.29) is 18.0 Å². The Morgan fingerprint density at radius 3 is 2.43 bits per heavy atom. The minimum absolute atomic E-state index is 0.0723. The molecule has 0 radical (unpaired) electrons. The van der Waals surface area contributed by atoms with Gasteiger partial charge in [0.15, 0.2) is 0 Å². The molecule has 1 amide bonds. The van der Waals surface area contributed by atoms with Gasteiger partial charge in [-0.05, 0) is 31.2 Å². The largest absolute Gasteiger partial charge is 0.353 e. The normalized spacial score (nSPS) is 19.5. The molecule has 116 valence electrons. The van der Waals surface area contributed by atoms with Crippen LogP contribution in [0.3, 0.4) is 0 Å². The zero-order valence-corrected chi connectivity index (χ0v) is 13.1. The van der Waals surface area contributed by atoms with Gasteiger partial charge in [-0.1, -0.05) is 56.0 Å². The molecule has 1 aromatic carbocycles. The van der Waals surface area contributed by atoms with Crippen molar-refractivity contribution >= 4 is 5.91 Å². The topological polar surface area (TPSA) is 55.1 Å². The van der Waals surface area contributed by atoms with Crippen LogP contribution in [0.5, 0.6) is 0 Å². The first-order valence-electron chi connectivity index (χ1n) is 8.26. The molecule has 0 bridgehead atoms. The number of nitrogens with two attached hydrogens (primary N) is 1. The summed E-state index contributed by atoms with van der Waals surface area (Å²) in [5.41, 5.74) is 7.14. The number of hydrogen-bond acceptors (Lipinski definition) is 2. The van der Waals surface area contributed by atoms with Gasteiger partial charge < -0.3 is 11.1 Å². The van der Waals surface area contributed by atoms with Gasteiger partial charge in [-0.25, -0.2) is 0 Å². The van der Waals surface area contributed by atoms with Gasteiger partial charge in [0.05, 0.1) is 0 Å². The summed E-state index contributed by atoms with van der Waals surface area (Å²) in [6.07, 6.45) is 8.13. The molecule has 21 heavy (non-hydrogen) atoms. The third-order valence-corrected chi connectivity index (χ3v) is 4.63. The van der Waals surface area contributed by atoms with E-state index in [0.717, 1.165) is 5.56 Å². The monoisotopic (exact) mass is 288 g/mol. The maximum Gasteiger partial charge on any atom is 0.222 e. The Labute approximate surface area is 128 Å². The smallest absolute Gasteiger partial charge is 0.222 e. The molecule has 2 atom stereocenters. The highest BCUT2D eigenvalue weighted by Crippen LogP contribution is 2.25. The maximum atomic E-state index is 12.2. The fourth-order valence-corrected chi connectivity index (χ4v) is 3.26. The first-order chi connectivity index (χ1) is 10.2. The summed E-state index contributed by atoms with van der Waals surface area (Å²) in [4.78, 5) is 12.2. The fourth-order valence-electron chi connectivity index (χ4n) is 3.26. The van der Waals surface area contributed by atoms with Crippen LogP contribution in [-0.4, -0.2) is 11.9 Å². The number of carbonyl (C=O) groups is 1. The summed E-state index contributed by atoms with van der Waals surface area (Å²) in [6.45, 7) is 2.14. The fraction of sp³-hybridized carbons (Fsp3) is 0.611. The second kappa shape index (κ2) is 8.18. The van der Waals surface area contributed by atoms with Crippen LogP contribution in [0.4, 0.5) is 0 Å². The maximum absolute atomic E-state index is 12.2. The molecular formula is C18H28N2O.